The molecule has 0 saturated carbocycles. The van der Waals surface area contributed by atoms with Gasteiger partial charge in [0.15, 0.2) is 5.82 Å². The zero-order valence-electron chi connectivity index (χ0n) is 14.2. The summed E-state index contributed by atoms with van der Waals surface area (Å²) in [7, 11) is 3.80. The average molecular weight is 349 g/mol. The van der Waals surface area contributed by atoms with Crippen LogP contribution in [0.2, 0.25) is 0 Å². The van der Waals surface area contributed by atoms with Gasteiger partial charge in [-0.1, -0.05) is 12.1 Å². The Morgan fingerprint density at radius 3 is 2.62 bits per heavy atom. The number of aromatic nitrogens is 2. The van der Waals surface area contributed by atoms with Gasteiger partial charge in [-0.25, -0.2) is 14.4 Å². The number of rotatable bonds is 3. The smallest absolute Gasteiger partial charge is 0.166 e. The molecule has 2 aromatic carbocycles. The Kier molecular flexibility index (Phi) is 4.42. The molecule has 130 valence electrons. The molecule has 6 nitrogen and oxygen atoms in total. The second-order valence-electron chi connectivity index (χ2n) is 5.87. The first-order valence-electron chi connectivity index (χ1n) is 7.75. The van der Waals surface area contributed by atoms with Gasteiger partial charge in [-0.05, 0) is 30.3 Å². The average Bonchev–Trinajstić information content (AvgIpc) is 2.63. The third kappa shape index (κ3) is 3.13. The molecule has 0 aliphatic heterocycles. The van der Waals surface area contributed by atoms with E-state index in [0.29, 0.717) is 11.3 Å². The number of aromatic hydroxyl groups is 1. The van der Waals surface area contributed by atoms with Crippen LogP contribution in [0.5, 0.6) is 5.75 Å². The number of hydrogen-bond donors (Lipinski definition) is 2. The normalized spacial score (nSPS) is 10.4. The van der Waals surface area contributed by atoms with Gasteiger partial charge in [-0.3, -0.25) is 0 Å². The Morgan fingerprint density at radius 2 is 1.92 bits per heavy atom. The number of hydrogen-bond acceptors (Lipinski definition) is 6. The summed E-state index contributed by atoms with van der Waals surface area (Å²) in [6.45, 7) is 0. The maximum absolute atomic E-state index is 13.6. The van der Waals surface area contributed by atoms with Crippen LogP contribution in [0.25, 0.3) is 22.6 Å². The van der Waals surface area contributed by atoms with Gasteiger partial charge < -0.3 is 15.7 Å². The van der Waals surface area contributed by atoms with Crippen LogP contribution in [0, 0.1) is 17.1 Å². The topological polar surface area (TPSA) is 99.1 Å². The second-order valence-corrected chi connectivity index (χ2v) is 5.87. The summed E-state index contributed by atoms with van der Waals surface area (Å²) in [6, 6.07) is 12.9. The van der Waals surface area contributed by atoms with Gasteiger partial charge in [0.05, 0.1) is 11.3 Å². The minimum absolute atomic E-state index is 0.0357. The number of nitrogen functional groups attached to an aromatic ring is 1. The highest BCUT2D eigenvalue weighted by Gasteiger charge is 2.18. The highest BCUT2D eigenvalue weighted by Crippen LogP contribution is 2.33. The van der Waals surface area contributed by atoms with Crippen LogP contribution in [-0.2, 0) is 0 Å². The molecule has 26 heavy (non-hydrogen) atoms. The van der Waals surface area contributed by atoms with E-state index in [1.54, 1.807) is 6.07 Å². The van der Waals surface area contributed by atoms with Crippen LogP contribution in [0.1, 0.15) is 5.56 Å². The second kappa shape index (κ2) is 6.69. The highest BCUT2D eigenvalue weighted by atomic mass is 19.1. The lowest BCUT2D eigenvalue weighted by atomic mass is 10.0. The van der Waals surface area contributed by atoms with Gasteiger partial charge in [0, 0.05) is 25.3 Å². The van der Waals surface area contributed by atoms with Crippen molar-refractivity contribution in [1.82, 2.24) is 9.97 Å². The molecule has 1 aromatic heterocycles. The van der Waals surface area contributed by atoms with Crippen LogP contribution in [0.15, 0.2) is 42.5 Å². The molecule has 0 fully saturated rings. The lowest BCUT2D eigenvalue weighted by Gasteiger charge is -2.15. The van der Waals surface area contributed by atoms with E-state index >= 15 is 0 Å². The molecule has 0 unspecified atom stereocenters. The Morgan fingerprint density at radius 1 is 1.15 bits per heavy atom. The van der Waals surface area contributed by atoms with Gasteiger partial charge in [0.25, 0.3) is 0 Å². The van der Waals surface area contributed by atoms with Gasteiger partial charge in [-0.2, -0.15) is 5.26 Å². The predicted octanol–water partition coefficient (Wildman–Crippen LogP) is 3.18. The number of phenols is 1. The van der Waals surface area contributed by atoms with Crippen molar-refractivity contribution in [2.24, 2.45) is 0 Å². The molecule has 0 amide bonds. The number of anilines is 2. The van der Waals surface area contributed by atoms with E-state index in [1.165, 1.54) is 6.07 Å². The first-order chi connectivity index (χ1) is 12.4. The van der Waals surface area contributed by atoms with Gasteiger partial charge in [-0.15, -0.1) is 0 Å². The van der Waals surface area contributed by atoms with E-state index in [9.17, 15) is 14.8 Å². The Balaban J connectivity index is 2.25. The molecule has 3 rings (SSSR count). The first kappa shape index (κ1) is 17.2. The summed E-state index contributed by atoms with van der Waals surface area (Å²) in [4.78, 5) is 10.4. The summed E-state index contributed by atoms with van der Waals surface area (Å²) < 4.78 is 13.6. The van der Waals surface area contributed by atoms with Gasteiger partial charge in [0.1, 0.15) is 29.0 Å². The van der Waals surface area contributed by atoms with Crippen molar-refractivity contribution in [3.05, 3.63) is 53.8 Å². The molecular weight excluding hydrogens is 333 g/mol. The standard InChI is InChI=1S/C19H16FN5O/c1-25(2)13-5-3-4-11(8-13)17-15(10-21)18(22)24-19(23-17)14-9-12(20)6-7-16(14)26/h3-9,26H,1-2H3,(H2,22,23,24). The Hall–Kier alpha value is -3.66. The third-order valence-electron chi connectivity index (χ3n) is 3.88. The molecule has 0 atom stereocenters. The lowest BCUT2D eigenvalue weighted by Crippen LogP contribution is -2.08. The SMILES string of the molecule is CN(C)c1cccc(-c2nc(-c3cc(F)ccc3O)nc(N)c2C#N)c1. The number of phenolic OH excluding ortho intramolecular Hbond substituents is 1. The van der Waals surface area contributed by atoms with Crippen molar-refractivity contribution in [2.45, 2.75) is 0 Å². The van der Waals surface area contributed by atoms with E-state index in [1.807, 2.05) is 43.3 Å². The third-order valence-corrected chi connectivity index (χ3v) is 3.88. The maximum atomic E-state index is 13.6. The van der Waals surface area contributed by atoms with Crippen LogP contribution in [-0.4, -0.2) is 29.2 Å². The van der Waals surface area contributed by atoms with E-state index < -0.39 is 5.82 Å². The summed E-state index contributed by atoms with van der Waals surface area (Å²) in [6.07, 6.45) is 0. The zero-order valence-corrected chi connectivity index (χ0v) is 14.2. The summed E-state index contributed by atoms with van der Waals surface area (Å²) >= 11 is 0. The molecule has 0 saturated heterocycles. The van der Waals surface area contributed by atoms with Crippen molar-refractivity contribution in [3.63, 3.8) is 0 Å². The predicted molar refractivity (Wildman–Crippen MR) is 98.0 cm³/mol. The molecule has 0 radical (unpaired) electrons. The molecule has 0 bridgehead atoms. The molecule has 0 aliphatic carbocycles. The van der Waals surface area contributed by atoms with Gasteiger partial charge in [0.2, 0.25) is 0 Å². The fourth-order valence-corrected chi connectivity index (χ4v) is 2.54. The number of nitrogens with two attached hydrogens (primary N) is 1. The van der Waals surface area contributed by atoms with Crippen molar-refractivity contribution in [3.8, 4) is 34.5 Å². The Labute approximate surface area is 150 Å². The molecule has 3 aromatic rings. The monoisotopic (exact) mass is 349 g/mol. The lowest BCUT2D eigenvalue weighted by molar-refractivity contribution is 0.475. The summed E-state index contributed by atoms with van der Waals surface area (Å²) in [5.74, 6) is -0.709. The van der Waals surface area contributed by atoms with Crippen LogP contribution in [0.3, 0.4) is 0 Å². The quantitative estimate of drug-likeness (QED) is 0.753. The number of nitriles is 1. The molecule has 0 spiro atoms. The molecule has 1 heterocycles. The summed E-state index contributed by atoms with van der Waals surface area (Å²) in [5, 5.41) is 19.5. The van der Waals surface area contributed by atoms with E-state index in [-0.39, 0.29) is 28.5 Å². The fraction of sp³-hybridized carbons (Fsp3) is 0.105. The van der Waals surface area contributed by atoms with Crippen molar-refractivity contribution in [2.75, 3.05) is 24.7 Å². The zero-order chi connectivity index (χ0) is 18.8. The minimum atomic E-state index is -0.541. The van der Waals surface area contributed by atoms with Gasteiger partial charge >= 0.3 is 0 Å². The van der Waals surface area contributed by atoms with Crippen molar-refractivity contribution in [1.29, 1.82) is 5.26 Å². The molecular formula is C19H16FN5O. The van der Waals surface area contributed by atoms with Crippen molar-refractivity contribution >= 4 is 11.5 Å². The minimum Gasteiger partial charge on any atom is -0.507 e. The highest BCUT2D eigenvalue weighted by molar-refractivity contribution is 5.77. The van der Waals surface area contributed by atoms with Crippen LogP contribution < -0.4 is 10.6 Å². The van der Waals surface area contributed by atoms with E-state index in [2.05, 4.69) is 9.97 Å². The maximum Gasteiger partial charge on any atom is 0.166 e. The number of halogens is 1. The van der Waals surface area contributed by atoms with E-state index in [0.717, 1.165) is 17.8 Å². The fourth-order valence-electron chi connectivity index (χ4n) is 2.54. The largest absolute Gasteiger partial charge is 0.507 e. The van der Waals surface area contributed by atoms with Crippen molar-refractivity contribution < 1.29 is 9.50 Å². The van der Waals surface area contributed by atoms with Crippen LogP contribution in [0.4, 0.5) is 15.9 Å². The first-order valence-corrected chi connectivity index (χ1v) is 7.75. The van der Waals surface area contributed by atoms with E-state index in [4.69, 9.17) is 5.73 Å². The molecule has 3 N–H and O–H groups in total. The summed E-state index contributed by atoms with van der Waals surface area (Å²) in [5.41, 5.74) is 8.07. The number of nitrogens with zero attached hydrogens (tertiary/aromatic N) is 4. The molecule has 0 aliphatic rings. The van der Waals surface area contributed by atoms with Crippen LogP contribution >= 0.6 is 0 Å². The Bertz CT molecular complexity index is 1030. The number of benzene rings is 2. The molecule has 7 heteroatoms.